The molecule has 7 heteroatoms. The van der Waals surface area contributed by atoms with Gasteiger partial charge in [-0.1, -0.05) is 0 Å². The van der Waals surface area contributed by atoms with Crippen molar-refractivity contribution in [2.75, 3.05) is 20.3 Å². The molecule has 114 valence electrons. The fourth-order valence-corrected chi connectivity index (χ4v) is 4.05. The van der Waals surface area contributed by atoms with Gasteiger partial charge >= 0.3 is 0 Å². The number of nitrogens with one attached hydrogen (secondary N) is 1. The molecule has 1 atom stereocenters. The maximum Gasteiger partial charge on any atom is 0.244 e. The van der Waals surface area contributed by atoms with Gasteiger partial charge in [-0.25, -0.2) is 8.42 Å². The highest BCUT2D eigenvalue weighted by Gasteiger charge is 2.38. The maximum atomic E-state index is 12.8. The first-order chi connectivity index (χ1) is 9.50. The Morgan fingerprint density at radius 1 is 1.55 bits per heavy atom. The molecular weight excluding hydrogens is 278 g/mol. The molecule has 0 saturated heterocycles. The van der Waals surface area contributed by atoms with E-state index in [-0.39, 0.29) is 10.9 Å². The molecule has 1 aliphatic rings. The lowest BCUT2D eigenvalue weighted by Gasteiger charge is -2.27. The molecular formula is C13H23N3O3S. The number of hydrogen-bond donors (Lipinski definition) is 2. The number of nitrogens with zero attached hydrogens (tertiary/aromatic N) is 1. The minimum Gasteiger partial charge on any atom is -0.383 e. The zero-order valence-electron chi connectivity index (χ0n) is 12.0. The average molecular weight is 301 g/mol. The van der Waals surface area contributed by atoms with Crippen LogP contribution in [-0.4, -0.2) is 44.0 Å². The number of hydrogen-bond acceptors (Lipinski definition) is 4. The van der Waals surface area contributed by atoms with Gasteiger partial charge in [0.15, 0.2) is 0 Å². The first-order valence-corrected chi connectivity index (χ1v) is 8.33. The summed E-state index contributed by atoms with van der Waals surface area (Å²) in [6, 6.07) is 1.61. The Hall–Kier alpha value is -0.890. The van der Waals surface area contributed by atoms with Gasteiger partial charge in [0, 0.05) is 38.1 Å². The molecule has 1 heterocycles. The Morgan fingerprint density at radius 3 is 2.75 bits per heavy atom. The van der Waals surface area contributed by atoms with Crippen LogP contribution in [0.15, 0.2) is 17.2 Å². The lowest BCUT2D eigenvalue weighted by Crippen LogP contribution is -2.41. The first kappa shape index (κ1) is 15.5. The fraction of sp³-hybridized carbons (Fsp3) is 0.692. The van der Waals surface area contributed by atoms with E-state index in [1.165, 1.54) is 6.20 Å². The van der Waals surface area contributed by atoms with Gasteiger partial charge in [0.2, 0.25) is 10.0 Å². The highest BCUT2D eigenvalue weighted by atomic mass is 32.2. The molecule has 3 N–H and O–H groups in total. The van der Waals surface area contributed by atoms with Crippen molar-refractivity contribution in [2.45, 2.75) is 37.2 Å². The smallest absolute Gasteiger partial charge is 0.244 e. The highest BCUT2D eigenvalue weighted by Crippen LogP contribution is 2.37. The number of H-pyrrole nitrogens is 1. The minimum atomic E-state index is -3.50. The second kappa shape index (κ2) is 6.26. The summed E-state index contributed by atoms with van der Waals surface area (Å²) in [7, 11) is -1.92. The van der Waals surface area contributed by atoms with Crippen molar-refractivity contribution in [3.8, 4) is 0 Å². The van der Waals surface area contributed by atoms with Crippen molar-refractivity contribution >= 4 is 10.0 Å². The third-order valence-corrected chi connectivity index (χ3v) is 5.78. The van der Waals surface area contributed by atoms with Crippen LogP contribution in [0.2, 0.25) is 0 Å². The zero-order chi connectivity index (χ0) is 14.8. The largest absolute Gasteiger partial charge is 0.383 e. The Labute approximate surface area is 120 Å². The molecule has 20 heavy (non-hydrogen) atoms. The third kappa shape index (κ3) is 3.22. The molecule has 0 spiro atoms. The molecule has 1 unspecified atom stereocenters. The fourth-order valence-electron chi connectivity index (χ4n) is 2.36. The third-order valence-electron chi connectivity index (χ3n) is 3.82. The van der Waals surface area contributed by atoms with Crippen LogP contribution in [0.3, 0.4) is 0 Å². The number of aromatic amines is 1. The number of aromatic nitrogens is 1. The SMILES string of the molecule is COCCN(C(C)C1CC1)S(=O)(=O)c1c[nH]c(CN)c1. The van der Waals surface area contributed by atoms with Gasteiger partial charge in [0.05, 0.1) is 11.5 Å². The molecule has 0 aliphatic heterocycles. The van der Waals surface area contributed by atoms with Crippen LogP contribution in [0.25, 0.3) is 0 Å². The molecule has 0 bridgehead atoms. The van der Waals surface area contributed by atoms with E-state index in [1.807, 2.05) is 6.92 Å². The molecule has 1 aliphatic carbocycles. The van der Waals surface area contributed by atoms with Crippen LogP contribution >= 0.6 is 0 Å². The maximum absolute atomic E-state index is 12.8. The Morgan fingerprint density at radius 2 is 2.25 bits per heavy atom. The summed E-state index contributed by atoms with van der Waals surface area (Å²) in [6.45, 7) is 3.04. The van der Waals surface area contributed by atoms with Gasteiger partial charge in [-0.2, -0.15) is 4.31 Å². The number of methoxy groups -OCH3 is 1. The molecule has 0 radical (unpaired) electrons. The molecule has 0 amide bonds. The van der Waals surface area contributed by atoms with Gasteiger partial charge in [-0.3, -0.25) is 0 Å². The molecule has 1 saturated carbocycles. The summed E-state index contributed by atoms with van der Waals surface area (Å²) >= 11 is 0. The first-order valence-electron chi connectivity index (χ1n) is 6.89. The van der Waals surface area contributed by atoms with Crippen LogP contribution in [0.4, 0.5) is 0 Å². The van der Waals surface area contributed by atoms with E-state index in [9.17, 15) is 8.42 Å². The Kier molecular flexibility index (Phi) is 4.85. The van der Waals surface area contributed by atoms with Crippen molar-refractivity contribution in [3.63, 3.8) is 0 Å². The van der Waals surface area contributed by atoms with Crippen molar-refractivity contribution in [2.24, 2.45) is 11.7 Å². The van der Waals surface area contributed by atoms with E-state index in [4.69, 9.17) is 10.5 Å². The van der Waals surface area contributed by atoms with E-state index in [1.54, 1.807) is 17.5 Å². The summed E-state index contributed by atoms with van der Waals surface area (Å²) in [5, 5.41) is 0. The molecule has 1 aromatic rings. The van der Waals surface area contributed by atoms with Gasteiger partial charge < -0.3 is 15.5 Å². The van der Waals surface area contributed by atoms with Crippen LogP contribution in [0, 0.1) is 5.92 Å². The average Bonchev–Trinajstić information content (AvgIpc) is 3.15. The number of sulfonamides is 1. The predicted molar refractivity (Wildman–Crippen MR) is 76.6 cm³/mol. The van der Waals surface area contributed by atoms with E-state index in [2.05, 4.69) is 4.98 Å². The van der Waals surface area contributed by atoms with Crippen molar-refractivity contribution in [1.29, 1.82) is 0 Å². The highest BCUT2D eigenvalue weighted by molar-refractivity contribution is 7.89. The summed E-state index contributed by atoms with van der Waals surface area (Å²) in [4.78, 5) is 3.17. The predicted octanol–water partition coefficient (Wildman–Crippen LogP) is 0.909. The molecule has 6 nitrogen and oxygen atoms in total. The van der Waals surface area contributed by atoms with E-state index in [0.29, 0.717) is 31.3 Å². The molecule has 2 rings (SSSR count). The van der Waals surface area contributed by atoms with Gasteiger partial charge in [0.25, 0.3) is 0 Å². The van der Waals surface area contributed by atoms with Crippen LogP contribution in [0.1, 0.15) is 25.5 Å². The van der Waals surface area contributed by atoms with Crippen LogP contribution in [0.5, 0.6) is 0 Å². The molecule has 1 aromatic heterocycles. The van der Waals surface area contributed by atoms with Crippen molar-refractivity contribution in [1.82, 2.24) is 9.29 Å². The number of nitrogens with two attached hydrogens (primary N) is 1. The van der Waals surface area contributed by atoms with Gasteiger partial charge in [0.1, 0.15) is 0 Å². The summed E-state index contributed by atoms with van der Waals surface area (Å²) in [5.74, 6) is 0.467. The topological polar surface area (TPSA) is 88.4 Å². The number of ether oxygens (including phenoxy) is 1. The zero-order valence-corrected chi connectivity index (χ0v) is 12.8. The Bertz CT molecular complexity index is 537. The molecule has 0 aromatic carbocycles. The van der Waals surface area contributed by atoms with E-state index in [0.717, 1.165) is 12.8 Å². The normalized spacial score (nSPS) is 17.6. The lowest BCUT2D eigenvalue weighted by atomic mass is 10.2. The van der Waals surface area contributed by atoms with Gasteiger partial charge in [-0.05, 0) is 31.7 Å². The molecule has 1 fully saturated rings. The van der Waals surface area contributed by atoms with Crippen LogP contribution < -0.4 is 5.73 Å². The Balaban J connectivity index is 2.24. The second-order valence-electron chi connectivity index (χ2n) is 5.25. The standard InChI is InChI=1S/C13H23N3O3S/c1-10(11-3-4-11)16(5-6-19-2)20(17,18)13-7-12(8-14)15-9-13/h7,9-11,15H,3-6,8,14H2,1-2H3. The van der Waals surface area contributed by atoms with E-state index >= 15 is 0 Å². The quantitative estimate of drug-likeness (QED) is 0.747. The lowest BCUT2D eigenvalue weighted by molar-refractivity contribution is 0.164. The van der Waals surface area contributed by atoms with Crippen molar-refractivity contribution < 1.29 is 13.2 Å². The minimum absolute atomic E-state index is 0.00590. The number of rotatable bonds is 8. The van der Waals surface area contributed by atoms with Crippen LogP contribution in [-0.2, 0) is 21.3 Å². The summed E-state index contributed by atoms with van der Waals surface area (Å²) in [5.41, 5.74) is 6.24. The summed E-state index contributed by atoms with van der Waals surface area (Å²) in [6.07, 6.45) is 3.71. The second-order valence-corrected chi connectivity index (χ2v) is 7.14. The van der Waals surface area contributed by atoms with Crippen molar-refractivity contribution in [3.05, 3.63) is 18.0 Å². The van der Waals surface area contributed by atoms with Gasteiger partial charge in [-0.15, -0.1) is 0 Å². The van der Waals surface area contributed by atoms with E-state index < -0.39 is 10.0 Å². The monoisotopic (exact) mass is 301 g/mol. The summed E-state index contributed by atoms with van der Waals surface area (Å²) < 4.78 is 32.1.